The van der Waals surface area contributed by atoms with Gasteiger partial charge in [-0.2, -0.15) is 0 Å². The largest absolute Gasteiger partial charge is 0.497 e. The van der Waals surface area contributed by atoms with Gasteiger partial charge in [0.15, 0.2) is 0 Å². The average molecular weight is 379 g/mol. The smallest absolute Gasteiger partial charge is 0.321 e. The lowest BCUT2D eigenvalue weighted by Crippen LogP contribution is -2.44. The SMILES string of the molecule is COc1ccc(NC(=O)N2CCC(S(=O)(=O)c3nncn3C)CC2)cc1. The summed E-state index contributed by atoms with van der Waals surface area (Å²) >= 11 is 0. The van der Waals surface area contributed by atoms with Crippen LogP contribution in [0.4, 0.5) is 10.5 Å². The third kappa shape index (κ3) is 3.64. The number of sulfone groups is 1. The first-order chi connectivity index (χ1) is 12.4. The minimum Gasteiger partial charge on any atom is -0.497 e. The van der Waals surface area contributed by atoms with Crippen molar-refractivity contribution in [3.8, 4) is 5.75 Å². The maximum absolute atomic E-state index is 12.6. The van der Waals surface area contributed by atoms with Gasteiger partial charge in [0.1, 0.15) is 12.1 Å². The Hall–Kier alpha value is -2.62. The number of benzene rings is 1. The predicted octanol–water partition coefficient (Wildman–Crippen LogP) is 1.29. The summed E-state index contributed by atoms with van der Waals surface area (Å²) in [6, 6.07) is 6.78. The quantitative estimate of drug-likeness (QED) is 0.858. The Bertz CT molecular complexity index is 870. The number of hydrogen-bond acceptors (Lipinski definition) is 6. The van der Waals surface area contributed by atoms with Crippen LogP contribution in [0.15, 0.2) is 35.7 Å². The van der Waals surface area contributed by atoms with Crippen LogP contribution >= 0.6 is 0 Å². The normalized spacial score (nSPS) is 15.7. The van der Waals surface area contributed by atoms with Crippen molar-refractivity contribution in [3.63, 3.8) is 0 Å². The van der Waals surface area contributed by atoms with Crippen molar-refractivity contribution in [3.05, 3.63) is 30.6 Å². The van der Waals surface area contributed by atoms with Crippen molar-refractivity contribution in [1.82, 2.24) is 19.7 Å². The Labute approximate surface area is 151 Å². The molecule has 2 heterocycles. The zero-order valence-electron chi connectivity index (χ0n) is 14.6. The number of ether oxygens (including phenoxy) is 1. The molecule has 0 saturated carbocycles. The third-order valence-electron chi connectivity index (χ3n) is 4.43. The summed E-state index contributed by atoms with van der Waals surface area (Å²) < 4.78 is 31.8. The zero-order valence-corrected chi connectivity index (χ0v) is 15.4. The number of likely N-dealkylation sites (tertiary alicyclic amines) is 1. The number of carbonyl (C=O) groups excluding carboxylic acids is 1. The van der Waals surface area contributed by atoms with Gasteiger partial charge in [0, 0.05) is 25.8 Å². The number of anilines is 1. The molecule has 2 aromatic rings. The van der Waals surface area contributed by atoms with Gasteiger partial charge in [-0.25, -0.2) is 13.2 Å². The standard InChI is InChI=1S/C16H21N5O4S/c1-20-11-17-19-16(20)26(23,24)14-7-9-21(10-8-14)15(22)18-12-3-5-13(25-2)6-4-12/h3-6,11,14H,7-10H2,1-2H3,(H,18,22). The van der Waals surface area contributed by atoms with Crippen LogP contribution in [0.25, 0.3) is 0 Å². The van der Waals surface area contributed by atoms with Gasteiger partial charge in [0.2, 0.25) is 15.0 Å². The number of hydrogen-bond donors (Lipinski definition) is 1. The van der Waals surface area contributed by atoms with E-state index < -0.39 is 15.1 Å². The molecule has 0 spiro atoms. The Morgan fingerprint density at radius 3 is 2.42 bits per heavy atom. The highest BCUT2D eigenvalue weighted by molar-refractivity contribution is 7.91. The number of methoxy groups -OCH3 is 1. The van der Waals surface area contributed by atoms with Gasteiger partial charge in [-0.15, -0.1) is 10.2 Å². The highest BCUT2D eigenvalue weighted by atomic mass is 32.2. The molecule has 0 bridgehead atoms. The molecule has 1 saturated heterocycles. The zero-order chi connectivity index (χ0) is 18.7. The second kappa shape index (κ2) is 7.32. The number of rotatable bonds is 4. The topological polar surface area (TPSA) is 106 Å². The van der Waals surface area contributed by atoms with Crippen molar-refractivity contribution in [1.29, 1.82) is 0 Å². The summed E-state index contributed by atoms with van der Waals surface area (Å²) in [6.45, 7) is 0.730. The van der Waals surface area contributed by atoms with Crippen LogP contribution in [0.3, 0.4) is 0 Å². The van der Waals surface area contributed by atoms with Crippen LogP contribution in [0, 0.1) is 0 Å². The minimum absolute atomic E-state index is 0.0290. The number of aromatic nitrogens is 3. The first-order valence-corrected chi connectivity index (χ1v) is 9.74. The predicted molar refractivity (Wildman–Crippen MR) is 94.8 cm³/mol. The number of nitrogens with zero attached hydrogens (tertiary/aromatic N) is 4. The van der Waals surface area contributed by atoms with Crippen LogP contribution in [0.2, 0.25) is 0 Å². The Kier molecular flexibility index (Phi) is 5.12. The third-order valence-corrected chi connectivity index (χ3v) is 6.66. The molecule has 3 rings (SSSR count). The van der Waals surface area contributed by atoms with E-state index in [1.165, 1.54) is 10.9 Å². The molecule has 1 N–H and O–H groups in total. The molecule has 9 nitrogen and oxygen atoms in total. The van der Waals surface area contributed by atoms with E-state index in [1.54, 1.807) is 43.3 Å². The van der Waals surface area contributed by atoms with Crippen LogP contribution in [0.5, 0.6) is 5.75 Å². The van der Waals surface area contributed by atoms with E-state index in [2.05, 4.69) is 15.5 Å². The average Bonchev–Trinajstić information content (AvgIpc) is 3.09. The molecular formula is C16H21N5O4S. The number of nitrogens with one attached hydrogen (secondary N) is 1. The summed E-state index contributed by atoms with van der Waals surface area (Å²) in [5.41, 5.74) is 0.657. The van der Waals surface area contributed by atoms with E-state index in [-0.39, 0.29) is 11.2 Å². The van der Waals surface area contributed by atoms with Crippen molar-refractivity contribution >= 4 is 21.6 Å². The lowest BCUT2D eigenvalue weighted by atomic mass is 10.1. The summed E-state index contributed by atoms with van der Waals surface area (Å²) in [6.07, 6.45) is 2.10. The molecule has 26 heavy (non-hydrogen) atoms. The van der Waals surface area contributed by atoms with E-state index in [0.29, 0.717) is 37.4 Å². The molecule has 1 aliphatic heterocycles. The first-order valence-electron chi connectivity index (χ1n) is 8.19. The number of piperidine rings is 1. The van der Waals surface area contributed by atoms with E-state index >= 15 is 0 Å². The summed E-state index contributed by atoms with van der Waals surface area (Å²) in [7, 11) is -0.370. The number of aryl methyl sites for hydroxylation is 1. The molecule has 0 unspecified atom stereocenters. The van der Waals surface area contributed by atoms with Gasteiger partial charge in [-0.1, -0.05) is 0 Å². The summed E-state index contributed by atoms with van der Waals surface area (Å²) in [5, 5.41) is 9.56. The fourth-order valence-corrected chi connectivity index (χ4v) is 4.66. The second-order valence-corrected chi connectivity index (χ2v) is 8.24. The van der Waals surface area contributed by atoms with Crippen LogP contribution in [-0.2, 0) is 16.9 Å². The lowest BCUT2D eigenvalue weighted by Gasteiger charge is -2.31. The molecule has 1 aliphatic rings. The maximum atomic E-state index is 12.6. The van der Waals surface area contributed by atoms with Crippen molar-refractivity contribution in [2.24, 2.45) is 7.05 Å². The molecule has 10 heteroatoms. The fourth-order valence-electron chi connectivity index (χ4n) is 2.93. The van der Waals surface area contributed by atoms with Crippen LogP contribution in [0.1, 0.15) is 12.8 Å². The highest BCUT2D eigenvalue weighted by Crippen LogP contribution is 2.23. The minimum atomic E-state index is -3.55. The van der Waals surface area contributed by atoms with Gasteiger partial charge in [-0.3, -0.25) is 0 Å². The van der Waals surface area contributed by atoms with Gasteiger partial charge < -0.3 is 19.5 Å². The van der Waals surface area contributed by atoms with Gasteiger partial charge in [0.05, 0.1) is 12.4 Å². The van der Waals surface area contributed by atoms with Crippen molar-refractivity contribution < 1.29 is 17.9 Å². The van der Waals surface area contributed by atoms with Crippen molar-refractivity contribution in [2.75, 3.05) is 25.5 Å². The molecule has 1 aromatic heterocycles. The molecule has 0 aliphatic carbocycles. The molecule has 0 atom stereocenters. The molecule has 0 radical (unpaired) electrons. The van der Waals surface area contributed by atoms with Gasteiger partial charge in [0.25, 0.3) is 0 Å². The molecule has 140 valence electrons. The van der Waals surface area contributed by atoms with Gasteiger partial charge in [-0.05, 0) is 37.1 Å². The summed E-state index contributed by atoms with van der Waals surface area (Å²) in [4.78, 5) is 14.0. The van der Waals surface area contributed by atoms with E-state index in [4.69, 9.17) is 4.74 Å². The summed E-state index contributed by atoms with van der Waals surface area (Å²) in [5.74, 6) is 0.706. The van der Waals surface area contributed by atoms with E-state index in [9.17, 15) is 13.2 Å². The van der Waals surface area contributed by atoms with E-state index in [1.807, 2.05) is 0 Å². The molecule has 2 amide bonds. The molecule has 1 aromatic carbocycles. The first kappa shape index (κ1) is 18.2. The fraction of sp³-hybridized carbons (Fsp3) is 0.438. The second-order valence-electron chi connectivity index (χ2n) is 6.11. The monoisotopic (exact) mass is 379 g/mol. The maximum Gasteiger partial charge on any atom is 0.321 e. The Morgan fingerprint density at radius 2 is 1.88 bits per heavy atom. The number of amides is 2. The van der Waals surface area contributed by atoms with Crippen LogP contribution in [-0.4, -0.2) is 59.6 Å². The molecular weight excluding hydrogens is 358 g/mol. The van der Waals surface area contributed by atoms with Crippen LogP contribution < -0.4 is 10.1 Å². The lowest BCUT2D eigenvalue weighted by molar-refractivity contribution is 0.200. The number of carbonyl (C=O) groups is 1. The highest BCUT2D eigenvalue weighted by Gasteiger charge is 2.35. The molecule has 1 fully saturated rings. The number of urea groups is 1. The Morgan fingerprint density at radius 1 is 1.23 bits per heavy atom. The Balaban J connectivity index is 1.59. The van der Waals surface area contributed by atoms with Gasteiger partial charge >= 0.3 is 6.03 Å². The van der Waals surface area contributed by atoms with Crippen molar-refractivity contribution in [2.45, 2.75) is 23.2 Å². The van der Waals surface area contributed by atoms with E-state index in [0.717, 1.165) is 0 Å².